The molecule has 0 aliphatic heterocycles. The van der Waals surface area contributed by atoms with Gasteiger partial charge in [0, 0.05) is 21.5 Å². The first-order valence-electron chi connectivity index (χ1n) is 17.0. The van der Waals surface area contributed by atoms with Crippen LogP contribution in [0.3, 0.4) is 0 Å². The normalized spacial score (nSPS) is 11.8. The highest BCUT2D eigenvalue weighted by Crippen LogP contribution is 2.43. The second-order valence-corrected chi connectivity index (χ2v) is 13.2. The Morgan fingerprint density at radius 3 is 1.71 bits per heavy atom. The molecule has 10 nitrogen and oxygen atoms in total. The molecule has 0 amide bonds. The summed E-state index contributed by atoms with van der Waals surface area (Å²) in [6.45, 7) is 8.40. The standard InChI is InChI=1S/C42H29N9O/c1-22-12-35-30(14-29(22)28-11-7-9-26-8-5-6-10-27(26)28)31-15-32(23(2)13-36(31)52-35)51-33-16-45-39(41-47-18-43-19-48-41)24(3)37(33)38-25(4)40(46-17-34(38)51)42-49-20-44-21-50-42/h5-21H,1-4H3. The molecule has 0 spiro atoms. The summed E-state index contributed by atoms with van der Waals surface area (Å²) in [5, 5.41) is 6.59. The summed E-state index contributed by atoms with van der Waals surface area (Å²) in [4.78, 5) is 35.6. The molecule has 0 saturated carbocycles. The molecule has 0 N–H and O–H groups in total. The molecule has 248 valence electrons. The van der Waals surface area contributed by atoms with Crippen LogP contribution in [0.25, 0.3) is 94.4 Å². The summed E-state index contributed by atoms with van der Waals surface area (Å²) in [5.41, 5.74) is 12.4. The van der Waals surface area contributed by atoms with Crippen LogP contribution in [0.15, 0.2) is 109 Å². The Bertz CT molecular complexity index is 2950. The molecular formula is C42H29N9O. The smallest absolute Gasteiger partial charge is 0.181 e. The fourth-order valence-corrected chi connectivity index (χ4v) is 7.78. The summed E-state index contributed by atoms with van der Waals surface area (Å²) in [6, 6.07) is 23.8. The lowest BCUT2D eigenvalue weighted by Crippen LogP contribution is -2.00. The highest BCUT2D eigenvalue weighted by Gasteiger charge is 2.24. The SMILES string of the molecule is Cc1cc2oc3cc(C)c(-n4c5cnc(-c6ncncn6)c(C)c5c5c(C)c(-c6ncncn6)ncc54)cc3c2cc1-c1cccc2ccccc12. The van der Waals surface area contributed by atoms with E-state index in [1.807, 2.05) is 12.4 Å². The van der Waals surface area contributed by atoms with Crippen LogP contribution in [0.5, 0.6) is 0 Å². The number of furan rings is 1. The van der Waals surface area contributed by atoms with Crippen molar-refractivity contribution in [3.05, 3.63) is 127 Å². The Kier molecular flexibility index (Phi) is 6.50. The predicted octanol–water partition coefficient (Wildman–Crippen LogP) is 9.23. The molecule has 10 aromatic rings. The number of rotatable bonds is 4. The second-order valence-electron chi connectivity index (χ2n) is 13.2. The number of pyridine rings is 2. The zero-order valence-electron chi connectivity index (χ0n) is 28.7. The minimum absolute atomic E-state index is 0.513. The van der Waals surface area contributed by atoms with Gasteiger partial charge in [-0.05, 0) is 96.1 Å². The van der Waals surface area contributed by atoms with Crippen molar-refractivity contribution in [1.29, 1.82) is 0 Å². The lowest BCUT2D eigenvalue weighted by molar-refractivity contribution is 0.668. The van der Waals surface area contributed by atoms with Gasteiger partial charge >= 0.3 is 0 Å². The van der Waals surface area contributed by atoms with Crippen molar-refractivity contribution < 1.29 is 4.42 Å². The fraction of sp³-hybridized carbons (Fsp3) is 0.0952. The van der Waals surface area contributed by atoms with Crippen molar-refractivity contribution in [2.24, 2.45) is 0 Å². The summed E-state index contributed by atoms with van der Waals surface area (Å²) in [6.07, 6.45) is 9.78. The zero-order chi connectivity index (χ0) is 35.1. The van der Waals surface area contributed by atoms with Crippen LogP contribution >= 0.6 is 0 Å². The molecule has 10 heteroatoms. The van der Waals surface area contributed by atoms with Crippen molar-refractivity contribution in [1.82, 2.24) is 44.4 Å². The van der Waals surface area contributed by atoms with Crippen molar-refractivity contribution in [2.75, 3.05) is 0 Å². The van der Waals surface area contributed by atoms with Crippen LogP contribution in [0, 0.1) is 27.7 Å². The van der Waals surface area contributed by atoms with Gasteiger partial charge in [0.25, 0.3) is 0 Å². The van der Waals surface area contributed by atoms with Gasteiger partial charge in [0.15, 0.2) is 11.6 Å². The highest BCUT2D eigenvalue weighted by molar-refractivity contribution is 6.15. The number of hydrogen-bond acceptors (Lipinski definition) is 9. The average Bonchev–Trinajstić information content (AvgIpc) is 3.69. The molecule has 6 heterocycles. The monoisotopic (exact) mass is 675 g/mol. The van der Waals surface area contributed by atoms with E-state index in [2.05, 4.69) is 129 Å². The van der Waals surface area contributed by atoms with Gasteiger partial charge in [-0.2, -0.15) is 0 Å². The average molecular weight is 676 g/mol. The number of hydrogen-bond donors (Lipinski definition) is 0. The Morgan fingerprint density at radius 1 is 0.519 bits per heavy atom. The van der Waals surface area contributed by atoms with E-state index in [0.717, 1.165) is 71.7 Å². The van der Waals surface area contributed by atoms with Crippen LogP contribution in [-0.2, 0) is 0 Å². The van der Waals surface area contributed by atoms with Crippen molar-refractivity contribution in [3.8, 4) is 39.9 Å². The van der Waals surface area contributed by atoms with E-state index in [-0.39, 0.29) is 0 Å². The molecule has 0 radical (unpaired) electrons. The highest BCUT2D eigenvalue weighted by atomic mass is 16.3. The third-order valence-corrected chi connectivity index (χ3v) is 10.2. The van der Waals surface area contributed by atoms with E-state index in [0.29, 0.717) is 23.0 Å². The molecule has 52 heavy (non-hydrogen) atoms. The number of nitrogens with zero attached hydrogens (tertiary/aromatic N) is 9. The molecule has 0 bridgehead atoms. The molecule has 4 aromatic carbocycles. The summed E-state index contributed by atoms with van der Waals surface area (Å²) in [5.74, 6) is 1.03. The van der Waals surface area contributed by atoms with Crippen molar-refractivity contribution in [2.45, 2.75) is 27.7 Å². The maximum Gasteiger partial charge on any atom is 0.181 e. The largest absolute Gasteiger partial charge is 0.456 e. The first kappa shape index (κ1) is 29.9. The predicted molar refractivity (Wildman–Crippen MR) is 203 cm³/mol. The third kappa shape index (κ3) is 4.37. The molecule has 0 aliphatic carbocycles. The summed E-state index contributed by atoms with van der Waals surface area (Å²) >= 11 is 0. The lowest BCUT2D eigenvalue weighted by atomic mass is 9.93. The van der Waals surface area contributed by atoms with Gasteiger partial charge in [-0.25, -0.2) is 29.9 Å². The molecular weight excluding hydrogens is 647 g/mol. The molecule has 0 atom stereocenters. The van der Waals surface area contributed by atoms with Gasteiger partial charge < -0.3 is 8.98 Å². The van der Waals surface area contributed by atoms with Crippen LogP contribution in [0.1, 0.15) is 22.3 Å². The van der Waals surface area contributed by atoms with E-state index >= 15 is 0 Å². The number of fused-ring (bicyclic) bond motifs is 7. The van der Waals surface area contributed by atoms with E-state index in [1.54, 1.807) is 0 Å². The molecule has 0 unspecified atom stereocenters. The third-order valence-electron chi connectivity index (χ3n) is 10.2. The Balaban J connectivity index is 1.27. The number of aryl methyl sites for hydroxylation is 4. The second kappa shape index (κ2) is 11.3. The molecule has 0 fully saturated rings. The van der Waals surface area contributed by atoms with Gasteiger partial charge in [0.2, 0.25) is 0 Å². The van der Waals surface area contributed by atoms with E-state index in [9.17, 15) is 0 Å². The van der Waals surface area contributed by atoms with Gasteiger partial charge in [-0.3, -0.25) is 9.97 Å². The van der Waals surface area contributed by atoms with E-state index < -0.39 is 0 Å². The zero-order valence-corrected chi connectivity index (χ0v) is 28.7. The molecule has 0 aliphatic rings. The topological polar surface area (TPSA) is 121 Å². The van der Waals surface area contributed by atoms with Crippen LogP contribution in [0.4, 0.5) is 0 Å². The molecule has 10 rings (SSSR count). The first-order valence-corrected chi connectivity index (χ1v) is 17.0. The van der Waals surface area contributed by atoms with Crippen LogP contribution < -0.4 is 0 Å². The Hall–Kier alpha value is -6.94. The Labute approximate surface area is 296 Å². The van der Waals surface area contributed by atoms with Gasteiger partial charge in [0.1, 0.15) is 47.9 Å². The molecule has 6 aromatic heterocycles. The Morgan fingerprint density at radius 2 is 1.08 bits per heavy atom. The minimum Gasteiger partial charge on any atom is -0.456 e. The van der Waals surface area contributed by atoms with Crippen molar-refractivity contribution >= 4 is 54.5 Å². The fourth-order valence-electron chi connectivity index (χ4n) is 7.78. The van der Waals surface area contributed by atoms with E-state index in [4.69, 9.17) is 14.4 Å². The van der Waals surface area contributed by atoms with Gasteiger partial charge in [-0.1, -0.05) is 42.5 Å². The number of aromatic nitrogens is 9. The van der Waals surface area contributed by atoms with Gasteiger partial charge in [-0.15, -0.1) is 0 Å². The van der Waals surface area contributed by atoms with E-state index in [1.165, 1.54) is 47.2 Å². The van der Waals surface area contributed by atoms with Crippen LogP contribution in [-0.4, -0.2) is 44.4 Å². The van der Waals surface area contributed by atoms with Gasteiger partial charge in [0.05, 0.1) is 29.1 Å². The summed E-state index contributed by atoms with van der Waals surface area (Å²) < 4.78 is 8.79. The van der Waals surface area contributed by atoms with Crippen molar-refractivity contribution in [3.63, 3.8) is 0 Å². The first-order chi connectivity index (χ1) is 25.5. The molecule has 0 saturated heterocycles. The number of benzene rings is 4. The lowest BCUT2D eigenvalue weighted by Gasteiger charge is -2.12. The maximum atomic E-state index is 6.54. The summed E-state index contributed by atoms with van der Waals surface area (Å²) in [7, 11) is 0. The quantitative estimate of drug-likeness (QED) is 0.180. The minimum atomic E-state index is 0.513. The van der Waals surface area contributed by atoms with Crippen LogP contribution in [0.2, 0.25) is 0 Å². The maximum absolute atomic E-state index is 6.54.